The van der Waals surface area contributed by atoms with Crippen LogP contribution in [0.4, 0.5) is 0 Å². The van der Waals surface area contributed by atoms with Crippen LogP contribution in [0.25, 0.3) is 5.52 Å². The second-order valence-electron chi connectivity index (χ2n) is 8.21. The van der Waals surface area contributed by atoms with Crippen molar-refractivity contribution in [3.63, 3.8) is 0 Å². The summed E-state index contributed by atoms with van der Waals surface area (Å²) < 4.78 is 1.78. The van der Waals surface area contributed by atoms with Crippen LogP contribution in [0.5, 0.6) is 0 Å². The second kappa shape index (κ2) is 10.0. The molecule has 3 atom stereocenters. The Bertz CT molecular complexity index is 994. The van der Waals surface area contributed by atoms with E-state index in [-0.39, 0.29) is 17.4 Å². The van der Waals surface area contributed by atoms with Gasteiger partial charge in [0, 0.05) is 31.5 Å². The smallest absolute Gasteiger partial charge is 0.276 e. The molecule has 0 saturated carbocycles. The van der Waals surface area contributed by atoms with Crippen LogP contribution in [0.3, 0.4) is 0 Å². The first-order valence-corrected chi connectivity index (χ1v) is 11.3. The van der Waals surface area contributed by atoms with Crippen molar-refractivity contribution in [2.24, 2.45) is 5.92 Å². The maximum atomic E-state index is 12.7. The summed E-state index contributed by atoms with van der Waals surface area (Å²) >= 11 is 0. The summed E-state index contributed by atoms with van der Waals surface area (Å²) in [5.41, 5.74) is 1.76. The van der Waals surface area contributed by atoms with Crippen LogP contribution in [0.15, 0.2) is 41.3 Å². The van der Waals surface area contributed by atoms with E-state index in [0.29, 0.717) is 11.4 Å². The van der Waals surface area contributed by atoms with Crippen molar-refractivity contribution in [2.75, 3.05) is 13.1 Å². The summed E-state index contributed by atoms with van der Waals surface area (Å²) in [6.07, 6.45) is 3.77. The number of H-pyrrole nitrogens is 1. The molecule has 3 heterocycles. The molecule has 1 aliphatic rings. The molecule has 4 rings (SSSR count). The minimum Gasteiger partial charge on any atom is -0.307 e. The summed E-state index contributed by atoms with van der Waals surface area (Å²) in [5, 5.41) is 4.85. The quantitative estimate of drug-likeness (QED) is 0.647. The highest BCUT2D eigenvalue weighted by atomic mass is 16.1. The van der Waals surface area contributed by atoms with Gasteiger partial charge in [-0.05, 0) is 17.9 Å². The number of rotatable bonds is 6. The monoisotopic (exact) mass is 409 g/mol. The topological polar surface area (TPSA) is 66.3 Å². The maximum absolute atomic E-state index is 12.7. The molecular weight excluding hydrogens is 374 g/mol. The number of hydrogen-bond donors (Lipinski definition) is 1. The number of hydrogen-bond acceptors (Lipinski definition) is 4. The summed E-state index contributed by atoms with van der Waals surface area (Å²) in [7, 11) is 0. The molecule has 0 radical (unpaired) electrons. The Labute approximate surface area is 179 Å². The molecule has 162 valence electrons. The number of benzene rings is 1. The lowest BCUT2D eigenvalue weighted by atomic mass is 9.97. The summed E-state index contributed by atoms with van der Waals surface area (Å²) in [6, 6.07) is 10.5. The van der Waals surface area contributed by atoms with Crippen LogP contribution in [-0.4, -0.2) is 37.6 Å². The highest BCUT2D eigenvalue weighted by Crippen LogP contribution is 2.31. The summed E-state index contributed by atoms with van der Waals surface area (Å²) in [6.45, 7) is 13.4. The molecule has 1 N–H and O–H groups in total. The van der Waals surface area contributed by atoms with Gasteiger partial charge in [0.1, 0.15) is 11.6 Å². The van der Waals surface area contributed by atoms with E-state index >= 15 is 0 Å². The molecule has 3 aromatic rings. The van der Waals surface area contributed by atoms with Crippen LogP contribution in [0, 0.1) is 5.92 Å². The van der Waals surface area contributed by atoms with Crippen LogP contribution in [-0.2, 0) is 6.54 Å². The van der Waals surface area contributed by atoms with Gasteiger partial charge in [-0.15, -0.1) is 0 Å². The number of fused-ring (bicyclic) bond motifs is 1. The van der Waals surface area contributed by atoms with E-state index in [9.17, 15) is 4.79 Å². The Morgan fingerprint density at radius 2 is 1.93 bits per heavy atom. The first-order valence-electron chi connectivity index (χ1n) is 11.3. The maximum Gasteiger partial charge on any atom is 0.276 e. The van der Waals surface area contributed by atoms with Crippen LogP contribution >= 0.6 is 0 Å². The van der Waals surface area contributed by atoms with Crippen LogP contribution in [0.1, 0.15) is 76.5 Å². The molecule has 3 unspecified atom stereocenters. The Kier molecular flexibility index (Phi) is 7.43. The molecule has 6 heteroatoms. The van der Waals surface area contributed by atoms with Crippen molar-refractivity contribution in [1.29, 1.82) is 0 Å². The van der Waals surface area contributed by atoms with Gasteiger partial charge in [0.2, 0.25) is 0 Å². The van der Waals surface area contributed by atoms with E-state index in [1.807, 2.05) is 19.9 Å². The minimum absolute atomic E-state index is 0.0962. The Morgan fingerprint density at radius 1 is 1.20 bits per heavy atom. The van der Waals surface area contributed by atoms with Crippen molar-refractivity contribution < 1.29 is 0 Å². The van der Waals surface area contributed by atoms with Crippen molar-refractivity contribution in [3.05, 3.63) is 64.1 Å². The molecule has 1 fully saturated rings. The lowest BCUT2D eigenvalue weighted by Gasteiger charge is -2.16. The van der Waals surface area contributed by atoms with E-state index < -0.39 is 0 Å². The van der Waals surface area contributed by atoms with E-state index in [2.05, 4.69) is 59.9 Å². The van der Waals surface area contributed by atoms with E-state index in [0.717, 1.165) is 44.1 Å². The largest absolute Gasteiger partial charge is 0.307 e. The van der Waals surface area contributed by atoms with Gasteiger partial charge in [0.25, 0.3) is 5.56 Å². The fourth-order valence-corrected chi connectivity index (χ4v) is 4.39. The number of aromatic nitrogens is 4. The van der Waals surface area contributed by atoms with Gasteiger partial charge in [-0.25, -0.2) is 9.50 Å². The fraction of sp³-hybridized carbons (Fsp3) is 0.542. The van der Waals surface area contributed by atoms with Gasteiger partial charge >= 0.3 is 0 Å². The van der Waals surface area contributed by atoms with Crippen molar-refractivity contribution in [3.8, 4) is 0 Å². The van der Waals surface area contributed by atoms with Gasteiger partial charge in [-0.1, -0.05) is 71.4 Å². The molecule has 30 heavy (non-hydrogen) atoms. The molecule has 0 amide bonds. The second-order valence-corrected chi connectivity index (χ2v) is 8.21. The number of likely N-dealkylation sites (tertiary alicyclic amines) is 1. The van der Waals surface area contributed by atoms with E-state index in [4.69, 9.17) is 5.10 Å². The zero-order chi connectivity index (χ0) is 21.7. The normalized spacial score (nSPS) is 20.2. The number of aromatic amines is 1. The molecule has 2 aromatic heterocycles. The Hall–Kier alpha value is -2.47. The van der Waals surface area contributed by atoms with E-state index in [1.165, 1.54) is 5.56 Å². The van der Waals surface area contributed by atoms with Crippen LogP contribution in [0.2, 0.25) is 0 Å². The summed E-state index contributed by atoms with van der Waals surface area (Å²) in [5.74, 6) is 2.60. The first-order chi connectivity index (χ1) is 14.6. The molecular formula is C24H35N5O. The molecule has 1 aliphatic heterocycles. The fourth-order valence-electron chi connectivity index (χ4n) is 4.39. The molecule has 1 aromatic carbocycles. The predicted molar refractivity (Wildman–Crippen MR) is 122 cm³/mol. The van der Waals surface area contributed by atoms with Crippen LogP contribution < -0.4 is 5.56 Å². The highest BCUT2D eigenvalue weighted by molar-refractivity contribution is 5.42. The van der Waals surface area contributed by atoms with Gasteiger partial charge in [0.05, 0.1) is 6.20 Å². The van der Waals surface area contributed by atoms with E-state index in [1.54, 1.807) is 10.7 Å². The molecule has 0 spiro atoms. The zero-order valence-electron chi connectivity index (χ0n) is 18.9. The molecule has 0 aliphatic carbocycles. The van der Waals surface area contributed by atoms with Crippen molar-refractivity contribution in [1.82, 2.24) is 24.5 Å². The van der Waals surface area contributed by atoms with Gasteiger partial charge in [0.15, 0.2) is 5.52 Å². The highest BCUT2D eigenvalue weighted by Gasteiger charge is 2.33. The number of imidazole rings is 1. The lowest BCUT2D eigenvalue weighted by Crippen LogP contribution is -2.23. The van der Waals surface area contributed by atoms with Gasteiger partial charge in [-0.2, -0.15) is 5.10 Å². The lowest BCUT2D eigenvalue weighted by molar-refractivity contribution is 0.318. The van der Waals surface area contributed by atoms with Gasteiger partial charge < -0.3 is 4.98 Å². The summed E-state index contributed by atoms with van der Waals surface area (Å²) in [4.78, 5) is 22.6. The SMILES string of the molecule is CC.CCCC(C)c1ncc2c(=O)[nH]c(C3CN(Cc4ccccc4)CC3C)nn12. The number of nitrogens with zero attached hydrogens (tertiary/aromatic N) is 4. The average molecular weight is 410 g/mol. The first kappa shape index (κ1) is 22.2. The standard InChI is InChI=1S/C22H29N5O.C2H6/c1-4-8-15(2)21-23-11-19-22(28)24-20(25-27(19)21)18-14-26(12-16(18)3)13-17-9-6-5-7-10-17;1-2/h5-7,9-11,15-16,18H,4,8,12-14H2,1-3H3,(H,24,25,28);1-2H3. The molecule has 6 nitrogen and oxygen atoms in total. The third-order valence-electron chi connectivity index (χ3n) is 5.90. The predicted octanol–water partition coefficient (Wildman–Crippen LogP) is 4.58. The van der Waals surface area contributed by atoms with Crippen molar-refractivity contribution >= 4 is 5.52 Å². The third-order valence-corrected chi connectivity index (χ3v) is 5.90. The minimum atomic E-state index is -0.0962. The Morgan fingerprint density at radius 3 is 2.63 bits per heavy atom. The van der Waals surface area contributed by atoms with Crippen molar-refractivity contribution in [2.45, 2.75) is 65.8 Å². The zero-order valence-corrected chi connectivity index (χ0v) is 18.9. The van der Waals surface area contributed by atoms with Gasteiger partial charge in [-0.3, -0.25) is 9.69 Å². The third kappa shape index (κ3) is 4.64. The Balaban J connectivity index is 0.00000124. The molecule has 1 saturated heterocycles. The molecule has 0 bridgehead atoms. The number of nitrogens with one attached hydrogen (secondary N) is 1. The average Bonchev–Trinajstić information content (AvgIpc) is 3.34.